The average molecular weight is 225 g/mol. The van der Waals surface area contributed by atoms with Crippen molar-refractivity contribution in [1.29, 1.82) is 0 Å². The van der Waals surface area contributed by atoms with Crippen molar-refractivity contribution in [3.8, 4) is 0 Å². The molecular formula is C10H15N3O3. The largest absolute Gasteiger partial charge is 0.383 e. The van der Waals surface area contributed by atoms with Crippen LogP contribution in [0.25, 0.3) is 0 Å². The Morgan fingerprint density at radius 3 is 2.88 bits per heavy atom. The number of nitrogens with two attached hydrogens (primary N) is 1. The number of hydrogen-bond donors (Lipinski definition) is 1. The summed E-state index contributed by atoms with van der Waals surface area (Å²) in [5.74, 6) is 0.120. The molecule has 2 N–H and O–H groups in total. The summed E-state index contributed by atoms with van der Waals surface area (Å²) in [7, 11) is 0. The minimum atomic E-state index is -0.949. The van der Waals surface area contributed by atoms with Crippen molar-refractivity contribution in [2.24, 2.45) is 0 Å². The highest BCUT2D eigenvalue weighted by Gasteiger charge is 2.14. The Kier molecular flexibility index (Phi) is 4.19. The number of anilines is 1. The van der Waals surface area contributed by atoms with E-state index in [-0.39, 0.29) is 11.9 Å². The minimum absolute atomic E-state index is 0.111. The van der Waals surface area contributed by atoms with E-state index in [9.17, 15) is 9.59 Å². The van der Waals surface area contributed by atoms with Gasteiger partial charge in [0.15, 0.2) is 12.5 Å². The maximum absolute atomic E-state index is 11.4. The van der Waals surface area contributed by atoms with Crippen LogP contribution in [0.4, 0.5) is 5.82 Å². The van der Waals surface area contributed by atoms with E-state index in [1.807, 2.05) is 13.8 Å². The van der Waals surface area contributed by atoms with Crippen LogP contribution in [-0.4, -0.2) is 21.9 Å². The molecule has 1 aromatic rings. The predicted octanol–water partition coefficient (Wildman–Crippen LogP) is 0.338. The van der Waals surface area contributed by atoms with Gasteiger partial charge < -0.3 is 10.5 Å². The molecule has 0 amide bonds. The first-order valence-corrected chi connectivity index (χ1v) is 5.04. The van der Waals surface area contributed by atoms with E-state index in [0.29, 0.717) is 6.29 Å². The SMILES string of the molecule is CC[C@H](C)OC(C=O)n1ccc(N)nc1=O. The van der Waals surface area contributed by atoms with Crippen molar-refractivity contribution in [1.82, 2.24) is 9.55 Å². The zero-order chi connectivity index (χ0) is 12.1. The molecule has 0 aliphatic heterocycles. The second-order valence-electron chi connectivity index (χ2n) is 3.42. The van der Waals surface area contributed by atoms with Gasteiger partial charge in [0.25, 0.3) is 0 Å². The van der Waals surface area contributed by atoms with Crippen molar-refractivity contribution in [3.05, 3.63) is 22.7 Å². The lowest BCUT2D eigenvalue weighted by atomic mass is 10.3. The number of ether oxygens (including phenoxy) is 1. The molecule has 0 aliphatic carbocycles. The summed E-state index contributed by atoms with van der Waals surface area (Å²) in [6.07, 6.45) is 1.65. The summed E-state index contributed by atoms with van der Waals surface area (Å²) in [5, 5.41) is 0. The van der Waals surface area contributed by atoms with Crippen LogP contribution in [0.5, 0.6) is 0 Å². The number of carbonyl (C=O) groups excluding carboxylic acids is 1. The Morgan fingerprint density at radius 1 is 1.69 bits per heavy atom. The minimum Gasteiger partial charge on any atom is -0.383 e. The van der Waals surface area contributed by atoms with Gasteiger partial charge in [-0.05, 0) is 19.4 Å². The summed E-state index contributed by atoms with van der Waals surface area (Å²) in [5.41, 5.74) is 4.75. The highest BCUT2D eigenvalue weighted by atomic mass is 16.5. The van der Waals surface area contributed by atoms with Gasteiger partial charge in [-0.1, -0.05) is 6.92 Å². The molecule has 1 aromatic heterocycles. The number of aromatic nitrogens is 2. The lowest BCUT2D eigenvalue weighted by Crippen LogP contribution is -2.31. The fourth-order valence-corrected chi connectivity index (χ4v) is 1.12. The van der Waals surface area contributed by atoms with Gasteiger partial charge in [0.05, 0.1) is 6.10 Å². The average Bonchev–Trinajstić information content (AvgIpc) is 2.26. The molecule has 0 aromatic carbocycles. The quantitative estimate of drug-likeness (QED) is 0.730. The Hall–Kier alpha value is -1.69. The van der Waals surface area contributed by atoms with Crippen molar-refractivity contribution in [2.75, 3.05) is 5.73 Å². The molecule has 6 nitrogen and oxygen atoms in total. The van der Waals surface area contributed by atoms with Gasteiger partial charge in [-0.15, -0.1) is 0 Å². The normalized spacial score (nSPS) is 14.4. The highest BCUT2D eigenvalue weighted by molar-refractivity contribution is 5.53. The molecule has 0 radical (unpaired) electrons. The second kappa shape index (κ2) is 5.41. The first-order chi connectivity index (χ1) is 7.58. The fraction of sp³-hybridized carbons (Fsp3) is 0.500. The highest BCUT2D eigenvalue weighted by Crippen LogP contribution is 2.08. The Balaban J connectivity index is 2.95. The van der Waals surface area contributed by atoms with Crippen LogP contribution in [0.15, 0.2) is 17.1 Å². The molecule has 16 heavy (non-hydrogen) atoms. The summed E-state index contributed by atoms with van der Waals surface area (Å²) >= 11 is 0. The maximum Gasteiger partial charge on any atom is 0.351 e. The van der Waals surface area contributed by atoms with Gasteiger partial charge in [0, 0.05) is 6.20 Å². The summed E-state index contributed by atoms with van der Waals surface area (Å²) in [4.78, 5) is 25.8. The second-order valence-corrected chi connectivity index (χ2v) is 3.42. The fourth-order valence-electron chi connectivity index (χ4n) is 1.12. The van der Waals surface area contributed by atoms with Crippen LogP contribution in [0, 0.1) is 0 Å². The van der Waals surface area contributed by atoms with Crippen LogP contribution in [0.1, 0.15) is 26.5 Å². The molecule has 1 heterocycles. The number of hydrogen-bond acceptors (Lipinski definition) is 5. The summed E-state index contributed by atoms with van der Waals surface area (Å²) < 4.78 is 6.48. The Morgan fingerprint density at radius 2 is 2.38 bits per heavy atom. The third-order valence-electron chi connectivity index (χ3n) is 2.19. The third kappa shape index (κ3) is 2.90. The molecule has 0 saturated heterocycles. The molecule has 88 valence electrons. The number of aldehydes is 1. The lowest BCUT2D eigenvalue weighted by Gasteiger charge is -2.18. The van der Waals surface area contributed by atoms with Gasteiger partial charge in [-0.3, -0.25) is 9.36 Å². The van der Waals surface area contributed by atoms with Gasteiger partial charge in [0.2, 0.25) is 0 Å². The monoisotopic (exact) mass is 225 g/mol. The predicted molar refractivity (Wildman–Crippen MR) is 58.8 cm³/mol. The van der Waals surface area contributed by atoms with Gasteiger partial charge in [-0.25, -0.2) is 4.79 Å². The van der Waals surface area contributed by atoms with E-state index in [4.69, 9.17) is 10.5 Å². The molecule has 0 aliphatic rings. The first-order valence-electron chi connectivity index (χ1n) is 5.04. The van der Waals surface area contributed by atoms with Gasteiger partial charge >= 0.3 is 5.69 Å². The third-order valence-corrected chi connectivity index (χ3v) is 2.19. The van der Waals surface area contributed by atoms with E-state index >= 15 is 0 Å². The van der Waals surface area contributed by atoms with Crippen molar-refractivity contribution < 1.29 is 9.53 Å². The van der Waals surface area contributed by atoms with Crippen LogP contribution in [0.2, 0.25) is 0 Å². The number of carbonyl (C=O) groups is 1. The standard InChI is InChI=1S/C10H15N3O3/c1-3-7(2)16-9(6-14)13-5-4-8(11)12-10(13)15/h4-7,9H,3H2,1-2H3,(H2,11,12,15)/t7-,9?/m0/s1. The van der Waals surface area contributed by atoms with E-state index in [0.717, 1.165) is 11.0 Å². The Bertz CT molecular complexity index is 416. The van der Waals surface area contributed by atoms with Crippen molar-refractivity contribution >= 4 is 12.1 Å². The van der Waals surface area contributed by atoms with E-state index < -0.39 is 11.9 Å². The van der Waals surface area contributed by atoms with Crippen LogP contribution in [-0.2, 0) is 9.53 Å². The maximum atomic E-state index is 11.4. The first kappa shape index (κ1) is 12.4. The van der Waals surface area contributed by atoms with Crippen molar-refractivity contribution in [2.45, 2.75) is 32.6 Å². The van der Waals surface area contributed by atoms with E-state index in [1.54, 1.807) is 0 Å². The van der Waals surface area contributed by atoms with Crippen LogP contribution in [0.3, 0.4) is 0 Å². The summed E-state index contributed by atoms with van der Waals surface area (Å²) in [6.45, 7) is 3.75. The lowest BCUT2D eigenvalue weighted by molar-refractivity contribution is -0.129. The Labute approximate surface area is 93.0 Å². The van der Waals surface area contributed by atoms with Crippen LogP contribution >= 0.6 is 0 Å². The zero-order valence-corrected chi connectivity index (χ0v) is 9.29. The molecule has 0 spiro atoms. The molecule has 0 saturated carbocycles. The van der Waals surface area contributed by atoms with Crippen molar-refractivity contribution in [3.63, 3.8) is 0 Å². The van der Waals surface area contributed by atoms with Crippen LogP contribution < -0.4 is 11.4 Å². The number of nitrogens with zero attached hydrogens (tertiary/aromatic N) is 2. The molecule has 2 atom stereocenters. The van der Waals surface area contributed by atoms with Gasteiger partial charge in [0.1, 0.15) is 5.82 Å². The number of nitrogen functional groups attached to an aromatic ring is 1. The number of rotatable bonds is 5. The topological polar surface area (TPSA) is 87.2 Å². The molecule has 0 bridgehead atoms. The van der Waals surface area contributed by atoms with Gasteiger partial charge in [-0.2, -0.15) is 4.98 Å². The zero-order valence-electron chi connectivity index (χ0n) is 9.29. The molecule has 1 rings (SSSR count). The molecular weight excluding hydrogens is 210 g/mol. The summed E-state index contributed by atoms with van der Waals surface area (Å²) in [6, 6.07) is 1.44. The molecule has 1 unspecified atom stereocenters. The van der Waals surface area contributed by atoms with E-state index in [1.165, 1.54) is 12.3 Å². The molecule has 6 heteroatoms. The van der Waals surface area contributed by atoms with E-state index in [2.05, 4.69) is 4.98 Å². The smallest absolute Gasteiger partial charge is 0.351 e. The molecule has 0 fully saturated rings.